The Morgan fingerprint density at radius 1 is 1.33 bits per heavy atom. The molecule has 114 valence electrons. The van der Waals surface area contributed by atoms with Crippen molar-refractivity contribution >= 4 is 11.9 Å². The second kappa shape index (κ2) is 6.02. The number of hydrogen-bond acceptors (Lipinski definition) is 4. The van der Waals surface area contributed by atoms with Crippen molar-refractivity contribution in [3.8, 4) is 0 Å². The minimum Gasteiger partial charge on any atom is -0.447 e. The molecule has 0 bridgehead atoms. The van der Waals surface area contributed by atoms with E-state index in [9.17, 15) is 4.79 Å². The van der Waals surface area contributed by atoms with Crippen molar-refractivity contribution in [3.63, 3.8) is 0 Å². The average molecular weight is 289 g/mol. The van der Waals surface area contributed by atoms with Crippen LogP contribution in [0, 0.1) is 5.92 Å². The Labute approximate surface area is 125 Å². The minimum absolute atomic E-state index is 0.0771. The maximum absolute atomic E-state index is 12.0. The van der Waals surface area contributed by atoms with Gasteiger partial charge in [-0.15, -0.1) is 0 Å². The van der Waals surface area contributed by atoms with Crippen LogP contribution in [0.4, 0.5) is 10.6 Å². The number of aromatic nitrogens is 1. The summed E-state index contributed by atoms with van der Waals surface area (Å²) in [7, 11) is 0. The maximum atomic E-state index is 12.0. The third-order valence-corrected chi connectivity index (χ3v) is 4.44. The summed E-state index contributed by atoms with van der Waals surface area (Å²) in [5.74, 6) is 1.57. The monoisotopic (exact) mass is 289 g/mol. The lowest BCUT2D eigenvalue weighted by molar-refractivity contribution is 0.177. The Kier molecular flexibility index (Phi) is 4.10. The number of carbonyl (C=O) groups is 1. The Balaban J connectivity index is 1.86. The van der Waals surface area contributed by atoms with E-state index in [2.05, 4.69) is 25.2 Å². The molecule has 3 heterocycles. The third-order valence-electron chi connectivity index (χ3n) is 4.44. The summed E-state index contributed by atoms with van der Waals surface area (Å²) in [4.78, 5) is 18.5. The second-order valence-electron chi connectivity index (χ2n) is 6.20. The molecule has 2 fully saturated rings. The fourth-order valence-corrected chi connectivity index (χ4v) is 3.11. The molecule has 0 radical (unpaired) electrons. The van der Waals surface area contributed by atoms with E-state index in [1.54, 1.807) is 4.90 Å². The summed E-state index contributed by atoms with van der Waals surface area (Å²) in [5.41, 5.74) is 1.09. The highest BCUT2D eigenvalue weighted by Gasteiger charge is 2.37. The quantitative estimate of drug-likeness (QED) is 0.929. The van der Waals surface area contributed by atoms with E-state index in [1.807, 2.05) is 12.1 Å². The summed E-state index contributed by atoms with van der Waals surface area (Å²) < 4.78 is 5.22. The topological polar surface area (TPSA) is 54.5 Å². The summed E-state index contributed by atoms with van der Waals surface area (Å²) in [6.07, 6.45) is 1.94. The maximum Gasteiger partial charge on any atom is 0.415 e. The number of cyclic esters (lactones) is 1. The first-order chi connectivity index (χ1) is 10.2. The van der Waals surface area contributed by atoms with Crippen molar-refractivity contribution in [2.45, 2.75) is 38.6 Å². The molecule has 0 aliphatic carbocycles. The molecule has 3 rings (SSSR count). The van der Waals surface area contributed by atoms with Crippen LogP contribution < -0.4 is 10.2 Å². The predicted octanol–water partition coefficient (Wildman–Crippen LogP) is 2.53. The molecule has 21 heavy (non-hydrogen) atoms. The molecule has 1 aromatic rings. The summed E-state index contributed by atoms with van der Waals surface area (Å²) in [5, 5.41) is 3.37. The van der Waals surface area contributed by atoms with Gasteiger partial charge in [0, 0.05) is 11.6 Å². The fraction of sp³-hybridized carbons (Fsp3) is 0.625. The van der Waals surface area contributed by atoms with Crippen LogP contribution in [0.1, 0.15) is 38.3 Å². The molecule has 0 spiro atoms. The van der Waals surface area contributed by atoms with Crippen LogP contribution >= 0.6 is 0 Å². The number of piperidine rings is 1. The van der Waals surface area contributed by atoms with E-state index >= 15 is 0 Å². The van der Waals surface area contributed by atoms with Crippen molar-refractivity contribution in [1.29, 1.82) is 0 Å². The SMILES string of the molecule is CC(C)[C@@H]1COC(=O)N1c1cccc(C2CCNCC2)n1. The highest BCUT2D eigenvalue weighted by atomic mass is 16.6. The van der Waals surface area contributed by atoms with Crippen LogP contribution in [0.2, 0.25) is 0 Å². The molecular formula is C16H23N3O2. The largest absolute Gasteiger partial charge is 0.447 e. The van der Waals surface area contributed by atoms with Crippen molar-refractivity contribution < 1.29 is 9.53 Å². The van der Waals surface area contributed by atoms with E-state index < -0.39 is 0 Å². The van der Waals surface area contributed by atoms with Gasteiger partial charge in [-0.25, -0.2) is 9.78 Å². The number of amides is 1. The Bertz CT molecular complexity index is 512. The van der Waals surface area contributed by atoms with Gasteiger partial charge in [-0.05, 0) is 44.0 Å². The Morgan fingerprint density at radius 3 is 2.81 bits per heavy atom. The van der Waals surface area contributed by atoms with Gasteiger partial charge in [0.15, 0.2) is 0 Å². The van der Waals surface area contributed by atoms with Gasteiger partial charge in [-0.3, -0.25) is 4.90 Å². The lowest BCUT2D eigenvalue weighted by atomic mass is 9.94. The molecule has 0 saturated carbocycles. The van der Waals surface area contributed by atoms with Crippen LogP contribution in [0.15, 0.2) is 18.2 Å². The van der Waals surface area contributed by atoms with Crippen molar-refractivity contribution in [3.05, 3.63) is 23.9 Å². The summed E-state index contributed by atoms with van der Waals surface area (Å²) in [6.45, 7) is 6.75. The number of hydrogen-bond donors (Lipinski definition) is 1. The highest BCUT2D eigenvalue weighted by Crippen LogP contribution is 2.29. The van der Waals surface area contributed by atoms with Gasteiger partial charge in [0.05, 0.1) is 6.04 Å². The van der Waals surface area contributed by atoms with Gasteiger partial charge in [0.2, 0.25) is 0 Å². The molecule has 1 N–H and O–H groups in total. The molecule has 0 aromatic carbocycles. The third kappa shape index (κ3) is 2.88. The van der Waals surface area contributed by atoms with E-state index in [-0.39, 0.29) is 12.1 Å². The second-order valence-corrected chi connectivity index (χ2v) is 6.20. The van der Waals surface area contributed by atoms with Crippen molar-refractivity contribution in [2.24, 2.45) is 5.92 Å². The number of carbonyl (C=O) groups excluding carboxylic acids is 1. The number of ether oxygens (including phenoxy) is 1. The van der Waals surface area contributed by atoms with Crippen LogP contribution in [0.25, 0.3) is 0 Å². The number of nitrogens with zero attached hydrogens (tertiary/aromatic N) is 2. The van der Waals surface area contributed by atoms with Crippen LogP contribution in [0.5, 0.6) is 0 Å². The molecule has 0 unspecified atom stereocenters. The molecule has 1 atom stereocenters. The van der Waals surface area contributed by atoms with Crippen molar-refractivity contribution in [1.82, 2.24) is 10.3 Å². The average Bonchev–Trinajstić information content (AvgIpc) is 2.90. The smallest absolute Gasteiger partial charge is 0.415 e. The fourth-order valence-electron chi connectivity index (χ4n) is 3.11. The molecule has 2 saturated heterocycles. The summed E-state index contributed by atoms with van der Waals surface area (Å²) >= 11 is 0. The molecule has 5 nitrogen and oxygen atoms in total. The van der Waals surface area contributed by atoms with Crippen LogP contribution in [0.3, 0.4) is 0 Å². The normalized spacial score (nSPS) is 23.7. The van der Waals surface area contributed by atoms with E-state index in [0.29, 0.717) is 18.4 Å². The molecule has 1 amide bonds. The van der Waals surface area contributed by atoms with Gasteiger partial charge in [-0.2, -0.15) is 0 Å². The molecule has 5 heteroatoms. The lowest BCUT2D eigenvalue weighted by Crippen LogP contribution is -2.38. The first kappa shape index (κ1) is 14.3. The van der Waals surface area contributed by atoms with Gasteiger partial charge in [0.25, 0.3) is 0 Å². The number of pyridine rings is 1. The molecule has 2 aliphatic heterocycles. The van der Waals surface area contributed by atoms with Crippen molar-refractivity contribution in [2.75, 3.05) is 24.6 Å². The highest BCUT2D eigenvalue weighted by molar-refractivity contribution is 5.89. The van der Waals surface area contributed by atoms with E-state index in [0.717, 1.165) is 37.4 Å². The first-order valence-corrected chi connectivity index (χ1v) is 7.80. The van der Waals surface area contributed by atoms with Gasteiger partial charge < -0.3 is 10.1 Å². The van der Waals surface area contributed by atoms with E-state index in [4.69, 9.17) is 9.72 Å². The predicted molar refractivity (Wildman–Crippen MR) is 81.5 cm³/mol. The van der Waals surface area contributed by atoms with E-state index in [1.165, 1.54) is 0 Å². The zero-order valence-electron chi connectivity index (χ0n) is 12.7. The summed E-state index contributed by atoms with van der Waals surface area (Å²) in [6, 6.07) is 6.06. The van der Waals surface area contributed by atoms with Gasteiger partial charge in [0.1, 0.15) is 12.4 Å². The Hall–Kier alpha value is -1.62. The molecule has 1 aromatic heterocycles. The number of rotatable bonds is 3. The number of anilines is 1. The molecular weight excluding hydrogens is 266 g/mol. The number of nitrogens with one attached hydrogen (secondary N) is 1. The first-order valence-electron chi connectivity index (χ1n) is 7.80. The molecule has 2 aliphatic rings. The van der Waals surface area contributed by atoms with Crippen LogP contribution in [-0.4, -0.2) is 36.8 Å². The van der Waals surface area contributed by atoms with Gasteiger partial charge in [-0.1, -0.05) is 19.9 Å². The minimum atomic E-state index is -0.274. The zero-order valence-corrected chi connectivity index (χ0v) is 12.7. The lowest BCUT2D eigenvalue weighted by Gasteiger charge is -2.26. The standard InChI is InChI=1S/C16H23N3O2/c1-11(2)14-10-21-16(20)19(14)15-5-3-4-13(18-15)12-6-8-17-9-7-12/h3-5,11-12,14,17H,6-10H2,1-2H3/t14-/m0/s1. The Morgan fingerprint density at radius 2 is 2.10 bits per heavy atom. The van der Waals surface area contributed by atoms with Crippen LogP contribution in [-0.2, 0) is 4.74 Å². The van der Waals surface area contributed by atoms with Gasteiger partial charge >= 0.3 is 6.09 Å². The zero-order chi connectivity index (χ0) is 14.8.